The lowest BCUT2D eigenvalue weighted by Gasteiger charge is -2.26. The minimum atomic E-state index is -0.283. The largest absolute Gasteiger partial charge is 0.493 e. The zero-order chi connectivity index (χ0) is 18.4. The number of carbonyl (C=O) groups excluding carboxylic acids is 2. The number of fused-ring (bicyclic) bond motifs is 1. The first kappa shape index (κ1) is 17.8. The average molecular weight is 355 g/mol. The number of amides is 1. The Morgan fingerprint density at radius 3 is 2.96 bits per heavy atom. The Labute approximate surface area is 151 Å². The highest BCUT2D eigenvalue weighted by atomic mass is 16.5. The van der Waals surface area contributed by atoms with Gasteiger partial charge < -0.3 is 19.2 Å². The van der Waals surface area contributed by atoms with Gasteiger partial charge in [-0.3, -0.25) is 9.59 Å². The lowest BCUT2D eigenvalue weighted by molar-refractivity contribution is -0.140. The van der Waals surface area contributed by atoms with Gasteiger partial charge in [0.15, 0.2) is 0 Å². The summed E-state index contributed by atoms with van der Waals surface area (Å²) < 4.78 is 15.8. The number of carbonyl (C=O) groups is 2. The smallest absolute Gasteiger partial charge is 0.305 e. The number of rotatable bonds is 6. The third-order valence-electron chi connectivity index (χ3n) is 4.16. The number of hydrogen-bond donors (Lipinski definition) is 1. The molecular weight excluding hydrogens is 334 g/mol. The van der Waals surface area contributed by atoms with Crippen LogP contribution in [0.5, 0.6) is 5.75 Å². The summed E-state index contributed by atoms with van der Waals surface area (Å²) in [5, 5.41) is 2.99. The molecule has 0 saturated carbocycles. The van der Waals surface area contributed by atoms with Crippen LogP contribution in [-0.4, -0.2) is 25.6 Å². The average Bonchev–Trinajstić information content (AvgIpc) is 3.13. The molecule has 2 heterocycles. The fraction of sp³-hybridized carbons (Fsp3) is 0.300. The molecule has 1 N–H and O–H groups in total. The lowest BCUT2D eigenvalue weighted by Crippen LogP contribution is -2.30. The predicted octanol–water partition coefficient (Wildman–Crippen LogP) is 3.04. The van der Waals surface area contributed by atoms with Crippen molar-refractivity contribution in [2.75, 3.05) is 13.7 Å². The molecule has 2 aromatic rings. The highest BCUT2D eigenvalue weighted by Crippen LogP contribution is 2.31. The van der Waals surface area contributed by atoms with Gasteiger partial charge in [0.1, 0.15) is 17.3 Å². The highest BCUT2D eigenvalue weighted by Gasteiger charge is 2.21. The summed E-state index contributed by atoms with van der Waals surface area (Å²) in [5.74, 6) is 1.57. The van der Waals surface area contributed by atoms with Crippen LogP contribution in [0.15, 0.2) is 46.9 Å². The van der Waals surface area contributed by atoms with E-state index in [4.69, 9.17) is 9.15 Å². The second-order valence-corrected chi connectivity index (χ2v) is 5.95. The summed E-state index contributed by atoms with van der Waals surface area (Å²) in [6.45, 7) is 0.577. The van der Waals surface area contributed by atoms with Crippen molar-refractivity contribution in [1.29, 1.82) is 0 Å². The SMILES string of the molecule is COC(=O)CCc1ccc(/C=C/C(=O)N[C@@H]2CCOc3ccccc32)o1. The first-order valence-electron chi connectivity index (χ1n) is 8.51. The number of hydrogen-bond acceptors (Lipinski definition) is 5. The van der Waals surface area contributed by atoms with Gasteiger partial charge in [-0.15, -0.1) is 0 Å². The van der Waals surface area contributed by atoms with E-state index < -0.39 is 0 Å². The lowest BCUT2D eigenvalue weighted by atomic mass is 10.0. The van der Waals surface area contributed by atoms with Gasteiger partial charge in [0.2, 0.25) is 5.91 Å². The molecule has 6 nitrogen and oxygen atoms in total. The van der Waals surface area contributed by atoms with Gasteiger partial charge in [-0.1, -0.05) is 18.2 Å². The molecule has 1 aliphatic rings. The van der Waals surface area contributed by atoms with Crippen LogP contribution in [0.25, 0.3) is 6.08 Å². The molecule has 3 rings (SSSR count). The second kappa shape index (κ2) is 8.38. The molecule has 1 aromatic heterocycles. The first-order chi connectivity index (χ1) is 12.7. The van der Waals surface area contributed by atoms with Crippen molar-refractivity contribution in [1.82, 2.24) is 5.32 Å². The summed E-state index contributed by atoms with van der Waals surface area (Å²) in [6.07, 6.45) is 4.51. The van der Waals surface area contributed by atoms with E-state index in [-0.39, 0.29) is 24.3 Å². The van der Waals surface area contributed by atoms with Crippen LogP contribution < -0.4 is 10.1 Å². The van der Waals surface area contributed by atoms with Crippen LogP contribution in [0.3, 0.4) is 0 Å². The number of nitrogens with one attached hydrogen (secondary N) is 1. The van der Waals surface area contributed by atoms with Crippen LogP contribution in [0.1, 0.15) is 36.0 Å². The van der Waals surface area contributed by atoms with Gasteiger partial charge in [-0.2, -0.15) is 0 Å². The Morgan fingerprint density at radius 2 is 2.12 bits per heavy atom. The molecule has 1 aliphatic heterocycles. The molecule has 1 amide bonds. The summed E-state index contributed by atoms with van der Waals surface area (Å²) in [4.78, 5) is 23.4. The quantitative estimate of drug-likeness (QED) is 0.636. The molecule has 1 aromatic carbocycles. The minimum Gasteiger partial charge on any atom is -0.493 e. The number of methoxy groups -OCH3 is 1. The van der Waals surface area contributed by atoms with E-state index in [0.29, 0.717) is 24.5 Å². The summed E-state index contributed by atoms with van der Waals surface area (Å²) >= 11 is 0. The highest BCUT2D eigenvalue weighted by molar-refractivity contribution is 5.91. The number of esters is 1. The monoisotopic (exact) mass is 355 g/mol. The Hall–Kier alpha value is -3.02. The van der Waals surface area contributed by atoms with Crippen LogP contribution in [0.2, 0.25) is 0 Å². The van der Waals surface area contributed by atoms with Gasteiger partial charge in [-0.25, -0.2) is 0 Å². The molecule has 136 valence electrons. The van der Waals surface area contributed by atoms with Gasteiger partial charge in [-0.05, 0) is 24.3 Å². The second-order valence-electron chi connectivity index (χ2n) is 5.95. The van der Waals surface area contributed by atoms with E-state index in [9.17, 15) is 9.59 Å². The van der Waals surface area contributed by atoms with Crippen molar-refractivity contribution in [3.63, 3.8) is 0 Å². The summed E-state index contributed by atoms with van der Waals surface area (Å²) in [7, 11) is 1.36. The topological polar surface area (TPSA) is 77.8 Å². The van der Waals surface area contributed by atoms with E-state index in [1.54, 1.807) is 18.2 Å². The van der Waals surface area contributed by atoms with E-state index in [1.165, 1.54) is 13.2 Å². The Morgan fingerprint density at radius 1 is 1.27 bits per heavy atom. The molecule has 26 heavy (non-hydrogen) atoms. The van der Waals surface area contributed by atoms with Crippen molar-refractivity contribution < 1.29 is 23.5 Å². The van der Waals surface area contributed by atoms with Crippen LogP contribution >= 0.6 is 0 Å². The molecule has 6 heteroatoms. The molecule has 0 unspecified atom stereocenters. The standard InChI is InChI=1S/C20H21NO5/c1-24-20(23)11-9-15-7-6-14(26-15)8-10-19(22)21-17-12-13-25-18-5-3-2-4-16(17)18/h2-8,10,17H,9,11-13H2,1H3,(H,21,22)/b10-8+/t17-/m1/s1. The zero-order valence-corrected chi connectivity index (χ0v) is 14.6. The third-order valence-corrected chi connectivity index (χ3v) is 4.16. The Balaban J connectivity index is 1.56. The number of benzene rings is 1. The van der Waals surface area contributed by atoms with Crippen LogP contribution in [0.4, 0.5) is 0 Å². The fourth-order valence-corrected chi connectivity index (χ4v) is 2.82. The van der Waals surface area contributed by atoms with E-state index in [2.05, 4.69) is 10.1 Å². The summed E-state index contributed by atoms with van der Waals surface area (Å²) in [5.41, 5.74) is 0.989. The first-order valence-corrected chi connectivity index (χ1v) is 8.51. The molecular formula is C20H21NO5. The van der Waals surface area contributed by atoms with E-state index in [1.807, 2.05) is 24.3 Å². The normalized spacial score (nSPS) is 16.0. The van der Waals surface area contributed by atoms with Crippen molar-refractivity contribution >= 4 is 18.0 Å². The molecule has 0 saturated heterocycles. The van der Waals surface area contributed by atoms with Crippen molar-refractivity contribution in [2.45, 2.75) is 25.3 Å². The zero-order valence-electron chi connectivity index (χ0n) is 14.6. The molecule has 0 aliphatic carbocycles. The van der Waals surface area contributed by atoms with Gasteiger partial charge in [0.05, 0.1) is 26.2 Å². The van der Waals surface area contributed by atoms with Crippen LogP contribution in [-0.2, 0) is 20.7 Å². The number of aryl methyl sites for hydroxylation is 1. The molecule has 0 radical (unpaired) electrons. The number of para-hydroxylation sites is 1. The van der Waals surface area contributed by atoms with Gasteiger partial charge in [0.25, 0.3) is 0 Å². The fourth-order valence-electron chi connectivity index (χ4n) is 2.82. The molecule has 0 bridgehead atoms. The van der Waals surface area contributed by atoms with Crippen molar-refractivity contribution in [2.24, 2.45) is 0 Å². The van der Waals surface area contributed by atoms with E-state index >= 15 is 0 Å². The maximum atomic E-state index is 12.2. The maximum Gasteiger partial charge on any atom is 0.305 e. The Bertz CT molecular complexity index is 808. The molecule has 0 fully saturated rings. The molecule has 0 spiro atoms. The number of furan rings is 1. The summed E-state index contributed by atoms with van der Waals surface area (Å²) in [6, 6.07) is 11.2. The number of ether oxygens (including phenoxy) is 2. The van der Waals surface area contributed by atoms with Gasteiger partial charge >= 0.3 is 5.97 Å². The maximum absolute atomic E-state index is 12.2. The Kier molecular flexibility index (Phi) is 5.73. The predicted molar refractivity (Wildman–Crippen MR) is 95.5 cm³/mol. The van der Waals surface area contributed by atoms with Gasteiger partial charge in [0, 0.05) is 24.5 Å². The van der Waals surface area contributed by atoms with Crippen LogP contribution in [0, 0.1) is 0 Å². The molecule has 1 atom stereocenters. The van der Waals surface area contributed by atoms with Crippen molar-refractivity contribution in [3.05, 3.63) is 59.6 Å². The third kappa shape index (κ3) is 4.53. The van der Waals surface area contributed by atoms with Crippen molar-refractivity contribution in [3.8, 4) is 5.75 Å². The minimum absolute atomic E-state index is 0.0654. The van der Waals surface area contributed by atoms with E-state index in [0.717, 1.165) is 17.7 Å².